The Morgan fingerprint density at radius 3 is 2.41 bits per heavy atom. The van der Waals surface area contributed by atoms with Gasteiger partial charge in [-0.25, -0.2) is 5.43 Å². The summed E-state index contributed by atoms with van der Waals surface area (Å²) in [4.78, 5) is 14.3. The highest BCUT2D eigenvalue weighted by Gasteiger charge is 2.11. The number of nitrogens with one attached hydrogen (secondary N) is 2. The lowest BCUT2D eigenvalue weighted by Gasteiger charge is -2.14. The van der Waals surface area contributed by atoms with Crippen molar-refractivity contribution >= 4 is 34.3 Å². The Bertz CT molecular complexity index is 948. The van der Waals surface area contributed by atoms with Crippen LogP contribution in [-0.2, 0) is 4.79 Å². The van der Waals surface area contributed by atoms with Crippen LogP contribution in [0.1, 0.15) is 12.5 Å². The molecule has 0 fully saturated rings. The van der Waals surface area contributed by atoms with Crippen molar-refractivity contribution in [3.05, 3.63) is 72.3 Å². The second-order valence-electron chi connectivity index (χ2n) is 6.65. The van der Waals surface area contributed by atoms with E-state index in [2.05, 4.69) is 28.0 Å². The van der Waals surface area contributed by atoms with E-state index in [1.165, 1.54) is 5.39 Å². The van der Waals surface area contributed by atoms with Crippen LogP contribution in [0.25, 0.3) is 10.8 Å². The van der Waals surface area contributed by atoms with Gasteiger partial charge >= 0.3 is 0 Å². The smallest absolute Gasteiger partial charge is 0.262 e. The van der Waals surface area contributed by atoms with Gasteiger partial charge in [-0.2, -0.15) is 5.10 Å². The van der Waals surface area contributed by atoms with Crippen LogP contribution in [0.5, 0.6) is 0 Å². The Balaban J connectivity index is 1.56. The maximum Gasteiger partial charge on any atom is 0.262 e. The van der Waals surface area contributed by atoms with E-state index in [4.69, 9.17) is 0 Å². The fourth-order valence-electron chi connectivity index (χ4n) is 2.72. The number of carbonyl (C=O) groups is 1. The number of benzene rings is 3. The zero-order valence-corrected chi connectivity index (χ0v) is 15.8. The van der Waals surface area contributed by atoms with E-state index in [-0.39, 0.29) is 5.91 Å². The van der Waals surface area contributed by atoms with E-state index >= 15 is 0 Å². The molecule has 0 radical (unpaired) electrons. The molecule has 27 heavy (non-hydrogen) atoms. The molecule has 5 nitrogen and oxygen atoms in total. The van der Waals surface area contributed by atoms with E-state index in [0.717, 1.165) is 22.3 Å². The monoisotopic (exact) mass is 360 g/mol. The third kappa shape index (κ3) is 4.85. The van der Waals surface area contributed by atoms with E-state index in [1.807, 2.05) is 80.5 Å². The lowest BCUT2D eigenvalue weighted by molar-refractivity contribution is -0.121. The first-order valence-corrected chi connectivity index (χ1v) is 8.88. The highest BCUT2D eigenvalue weighted by molar-refractivity contribution is 5.89. The fourth-order valence-corrected chi connectivity index (χ4v) is 2.72. The second kappa shape index (κ2) is 8.36. The van der Waals surface area contributed by atoms with Crippen LogP contribution in [0.3, 0.4) is 0 Å². The number of fused-ring (bicyclic) bond motifs is 1. The summed E-state index contributed by atoms with van der Waals surface area (Å²) in [5.41, 5.74) is 5.53. The number of carbonyl (C=O) groups excluding carboxylic acids is 1. The van der Waals surface area contributed by atoms with Crippen LogP contribution < -0.4 is 15.6 Å². The van der Waals surface area contributed by atoms with Gasteiger partial charge in [-0.15, -0.1) is 0 Å². The van der Waals surface area contributed by atoms with Gasteiger partial charge < -0.3 is 10.2 Å². The maximum absolute atomic E-state index is 12.3. The van der Waals surface area contributed by atoms with Crippen LogP contribution in [-0.4, -0.2) is 32.3 Å². The zero-order chi connectivity index (χ0) is 19.2. The van der Waals surface area contributed by atoms with Crippen molar-refractivity contribution < 1.29 is 4.79 Å². The van der Waals surface area contributed by atoms with Crippen molar-refractivity contribution in [1.29, 1.82) is 0 Å². The van der Waals surface area contributed by atoms with Crippen molar-refractivity contribution in [1.82, 2.24) is 5.43 Å². The molecule has 0 aliphatic carbocycles. The lowest BCUT2D eigenvalue weighted by Crippen LogP contribution is -2.34. The average molecular weight is 360 g/mol. The summed E-state index contributed by atoms with van der Waals surface area (Å²) in [5, 5.41) is 9.57. The lowest BCUT2D eigenvalue weighted by atomic mass is 10.1. The normalized spacial score (nSPS) is 12.1. The Morgan fingerprint density at radius 1 is 1.00 bits per heavy atom. The van der Waals surface area contributed by atoms with Crippen LogP contribution in [0, 0.1) is 0 Å². The summed E-state index contributed by atoms with van der Waals surface area (Å²) in [6.07, 6.45) is 1.64. The first-order chi connectivity index (χ1) is 13.0. The van der Waals surface area contributed by atoms with Crippen molar-refractivity contribution in [3.63, 3.8) is 0 Å². The van der Waals surface area contributed by atoms with Gasteiger partial charge in [0.15, 0.2) is 0 Å². The van der Waals surface area contributed by atoms with Crippen LogP contribution in [0.4, 0.5) is 11.4 Å². The molecule has 0 aliphatic heterocycles. The summed E-state index contributed by atoms with van der Waals surface area (Å²) in [7, 11) is 3.99. The minimum atomic E-state index is -0.403. The van der Waals surface area contributed by atoms with Crippen molar-refractivity contribution in [2.45, 2.75) is 13.0 Å². The first-order valence-electron chi connectivity index (χ1n) is 8.88. The Hall–Kier alpha value is -3.34. The summed E-state index contributed by atoms with van der Waals surface area (Å²) in [6, 6.07) is 21.7. The molecule has 2 N–H and O–H groups in total. The molecule has 138 valence electrons. The molecule has 0 spiro atoms. The Labute approximate surface area is 159 Å². The molecule has 0 bridgehead atoms. The molecule has 3 aromatic carbocycles. The van der Waals surface area contributed by atoms with Gasteiger partial charge in [0.05, 0.1) is 6.21 Å². The van der Waals surface area contributed by atoms with Crippen LogP contribution in [0.15, 0.2) is 71.8 Å². The van der Waals surface area contributed by atoms with Gasteiger partial charge in [0, 0.05) is 25.5 Å². The summed E-state index contributed by atoms with van der Waals surface area (Å²) in [5.74, 6) is -0.190. The van der Waals surface area contributed by atoms with E-state index < -0.39 is 6.04 Å². The highest BCUT2D eigenvalue weighted by Crippen LogP contribution is 2.19. The molecule has 1 amide bonds. The number of anilines is 2. The molecule has 0 aliphatic rings. The van der Waals surface area contributed by atoms with Gasteiger partial charge in [0.2, 0.25) is 0 Å². The van der Waals surface area contributed by atoms with Crippen molar-refractivity contribution in [2.75, 3.05) is 24.3 Å². The van der Waals surface area contributed by atoms with Gasteiger partial charge in [-0.1, -0.05) is 42.5 Å². The van der Waals surface area contributed by atoms with Gasteiger partial charge in [-0.05, 0) is 47.5 Å². The number of amides is 1. The first kappa shape index (κ1) is 18.5. The van der Waals surface area contributed by atoms with E-state index in [1.54, 1.807) is 6.21 Å². The minimum Gasteiger partial charge on any atom is -0.378 e. The summed E-state index contributed by atoms with van der Waals surface area (Å²) >= 11 is 0. The average Bonchev–Trinajstić information content (AvgIpc) is 2.68. The van der Waals surface area contributed by atoms with Crippen molar-refractivity contribution in [3.8, 4) is 0 Å². The van der Waals surface area contributed by atoms with Crippen LogP contribution in [0.2, 0.25) is 0 Å². The number of nitrogens with zero attached hydrogens (tertiary/aromatic N) is 2. The third-order valence-electron chi connectivity index (χ3n) is 4.32. The molecule has 1 unspecified atom stereocenters. The number of hydrazone groups is 1. The largest absolute Gasteiger partial charge is 0.378 e. The molecule has 3 aromatic rings. The fraction of sp³-hybridized carbons (Fsp3) is 0.182. The maximum atomic E-state index is 12.3. The Morgan fingerprint density at radius 2 is 1.70 bits per heavy atom. The molecule has 0 aromatic heterocycles. The number of rotatable bonds is 6. The minimum absolute atomic E-state index is 0.190. The topological polar surface area (TPSA) is 56.7 Å². The SMILES string of the molecule is CC(Nc1ccc2ccccc2c1)C(=O)NN=Cc1ccc(N(C)C)cc1. The van der Waals surface area contributed by atoms with Crippen molar-refractivity contribution in [2.24, 2.45) is 5.10 Å². The number of hydrogen-bond donors (Lipinski definition) is 2. The third-order valence-corrected chi connectivity index (χ3v) is 4.32. The molecule has 1 atom stereocenters. The molecule has 5 heteroatoms. The van der Waals surface area contributed by atoms with E-state index in [9.17, 15) is 4.79 Å². The highest BCUT2D eigenvalue weighted by atomic mass is 16.2. The molecular weight excluding hydrogens is 336 g/mol. The predicted octanol–water partition coefficient (Wildman–Crippen LogP) is 3.86. The molecular formula is C22H24N4O. The Kier molecular flexibility index (Phi) is 5.71. The predicted molar refractivity (Wildman–Crippen MR) is 114 cm³/mol. The molecule has 0 saturated carbocycles. The number of hydrogen-bond acceptors (Lipinski definition) is 4. The summed E-state index contributed by atoms with van der Waals surface area (Å²) < 4.78 is 0. The molecule has 0 saturated heterocycles. The zero-order valence-electron chi connectivity index (χ0n) is 15.8. The summed E-state index contributed by atoms with van der Waals surface area (Å²) in [6.45, 7) is 1.81. The van der Waals surface area contributed by atoms with Gasteiger partial charge in [0.1, 0.15) is 6.04 Å². The molecule has 3 rings (SSSR count). The quantitative estimate of drug-likeness (QED) is 0.518. The second-order valence-corrected chi connectivity index (χ2v) is 6.65. The molecule has 0 heterocycles. The van der Waals surface area contributed by atoms with Gasteiger partial charge in [-0.3, -0.25) is 4.79 Å². The van der Waals surface area contributed by atoms with Crippen LogP contribution >= 0.6 is 0 Å². The standard InChI is InChI=1S/C22H24N4O/c1-16(24-20-11-10-18-6-4-5-7-19(18)14-20)22(27)25-23-15-17-8-12-21(13-9-17)26(2)3/h4-16,24H,1-3H3,(H,25,27). The van der Waals surface area contributed by atoms with Gasteiger partial charge in [0.25, 0.3) is 5.91 Å². The van der Waals surface area contributed by atoms with E-state index in [0.29, 0.717) is 0 Å².